The van der Waals surface area contributed by atoms with Gasteiger partial charge in [-0.25, -0.2) is 0 Å². The maximum atomic E-state index is 12.5. The van der Waals surface area contributed by atoms with Gasteiger partial charge in [0.2, 0.25) is 0 Å². The molecule has 0 spiro atoms. The molecule has 134 valence electrons. The summed E-state index contributed by atoms with van der Waals surface area (Å²) in [6, 6.07) is 14.7. The summed E-state index contributed by atoms with van der Waals surface area (Å²) in [7, 11) is 1.58. The van der Waals surface area contributed by atoms with Gasteiger partial charge in [-0.15, -0.1) is 11.3 Å². The number of rotatable bonds is 6. The molecule has 0 saturated heterocycles. The van der Waals surface area contributed by atoms with Crippen LogP contribution in [0, 0.1) is 6.92 Å². The largest absolute Gasteiger partial charge is 0.495 e. The molecule has 6 heteroatoms. The number of hydrogen-bond donors (Lipinski definition) is 1. The molecule has 0 aliphatic heterocycles. The van der Waals surface area contributed by atoms with Crippen molar-refractivity contribution in [2.45, 2.75) is 13.5 Å². The molecule has 0 bridgehead atoms. The number of thiophene rings is 1. The summed E-state index contributed by atoms with van der Waals surface area (Å²) in [6.45, 7) is 2.34. The topological polar surface area (TPSA) is 47.6 Å². The Morgan fingerprint density at radius 3 is 2.81 bits per heavy atom. The van der Waals surface area contributed by atoms with E-state index in [9.17, 15) is 4.79 Å². The Morgan fingerprint density at radius 1 is 1.19 bits per heavy atom. The Bertz CT molecular complexity index is 923. The highest BCUT2D eigenvalue weighted by atomic mass is 35.5. The molecule has 2 aromatic carbocycles. The van der Waals surface area contributed by atoms with Crippen LogP contribution in [0.2, 0.25) is 5.02 Å². The summed E-state index contributed by atoms with van der Waals surface area (Å²) >= 11 is 7.32. The Labute approximate surface area is 161 Å². The highest BCUT2D eigenvalue weighted by molar-refractivity contribution is 7.12. The lowest BCUT2D eigenvalue weighted by atomic mass is 10.2. The lowest BCUT2D eigenvalue weighted by Gasteiger charge is -2.10. The summed E-state index contributed by atoms with van der Waals surface area (Å²) in [5.41, 5.74) is 2.63. The summed E-state index contributed by atoms with van der Waals surface area (Å²) in [6.07, 6.45) is 0. The Hall–Kier alpha value is -2.50. The molecule has 0 aliphatic carbocycles. The van der Waals surface area contributed by atoms with Gasteiger partial charge in [0.25, 0.3) is 5.91 Å². The Balaban J connectivity index is 1.65. The molecule has 26 heavy (non-hydrogen) atoms. The predicted molar refractivity (Wildman–Crippen MR) is 106 cm³/mol. The fourth-order valence-corrected chi connectivity index (χ4v) is 3.37. The highest BCUT2D eigenvalue weighted by Crippen LogP contribution is 2.27. The number of amides is 1. The van der Waals surface area contributed by atoms with Gasteiger partial charge in [0.15, 0.2) is 0 Å². The van der Waals surface area contributed by atoms with Crippen molar-refractivity contribution in [3.63, 3.8) is 0 Å². The van der Waals surface area contributed by atoms with Crippen molar-refractivity contribution in [2.24, 2.45) is 0 Å². The number of carbonyl (C=O) groups excluding carboxylic acids is 1. The van der Waals surface area contributed by atoms with Gasteiger partial charge in [-0.2, -0.15) is 0 Å². The number of ether oxygens (including phenoxy) is 2. The molecule has 0 aliphatic rings. The van der Waals surface area contributed by atoms with Gasteiger partial charge >= 0.3 is 0 Å². The second-order valence-corrected chi connectivity index (χ2v) is 7.07. The lowest BCUT2D eigenvalue weighted by molar-refractivity contribution is 0.103. The summed E-state index contributed by atoms with van der Waals surface area (Å²) in [5, 5.41) is 5.44. The third-order valence-electron chi connectivity index (χ3n) is 3.68. The summed E-state index contributed by atoms with van der Waals surface area (Å²) < 4.78 is 11.0. The minimum atomic E-state index is -0.173. The summed E-state index contributed by atoms with van der Waals surface area (Å²) in [4.78, 5) is 13.1. The highest BCUT2D eigenvalue weighted by Gasteiger charge is 2.13. The quantitative estimate of drug-likeness (QED) is 0.603. The van der Waals surface area contributed by atoms with E-state index in [-0.39, 0.29) is 5.91 Å². The maximum absolute atomic E-state index is 12.5. The number of anilines is 1. The lowest BCUT2D eigenvalue weighted by Crippen LogP contribution is -2.11. The van der Waals surface area contributed by atoms with Gasteiger partial charge in [-0.05, 0) is 54.3 Å². The van der Waals surface area contributed by atoms with Crippen LogP contribution in [0.4, 0.5) is 5.69 Å². The van der Waals surface area contributed by atoms with Crippen molar-refractivity contribution in [1.29, 1.82) is 0 Å². The zero-order valence-corrected chi connectivity index (χ0v) is 16.0. The average molecular weight is 388 g/mol. The Morgan fingerprint density at radius 2 is 2.04 bits per heavy atom. The molecule has 0 atom stereocenters. The van der Waals surface area contributed by atoms with Crippen LogP contribution in [0.1, 0.15) is 20.8 Å². The number of benzene rings is 2. The van der Waals surface area contributed by atoms with Crippen molar-refractivity contribution in [1.82, 2.24) is 0 Å². The van der Waals surface area contributed by atoms with Crippen LogP contribution in [0.5, 0.6) is 11.5 Å². The van der Waals surface area contributed by atoms with Crippen molar-refractivity contribution >= 4 is 34.5 Å². The van der Waals surface area contributed by atoms with Crippen molar-refractivity contribution in [2.75, 3.05) is 12.4 Å². The van der Waals surface area contributed by atoms with Gasteiger partial charge in [-0.1, -0.05) is 23.7 Å². The van der Waals surface area contributed by atoms with Crippen LogP contribution in [-0.4, -0.2) is 13.0 Å². The fraction of sp³-hybridized carbons (Fsp3) is 0.150. The molecule has 0 radical (unpaired) electrons. The van der Waals surface area contributed by atoms with E-state index in [1.807, 2.05) is 48.7 Å². The van der Waals surface area contributed by atoms with Gasteiger partial charge < -0.3 is 14.8 Å². The number of aryl methyl sites for hydroxylation is 1. The minimum absolute atomic E-state index is 0.173. The Kier molecular flexibility index (Phi) is 5.81. The van der Waals surface area contributed by atoms with E-state index in [1.54, 1.807) is 19.2 Å². The molecule has 1 amide bonds. The number of halogens is 1. The monoisotopic (exact) mass is 387 g/mol. The van der Waals surface area contributed by atoms with E-state index in [4.69, 9.17) is 21.1 Å². The van der Waals surface area contributed by atoms with Crippen molar-refractivity contribution < 1.29 is 14.3 Å². The maximum Gasteiger partial charge on any atom is 0.265 e. The van der Waals surface area contributed by atoms with E-state index in [0.29, 0.717) is 33.7 Å². The van der Waals surface area contributed by atoms with E-state index < -0.39 is 0 Å². The number of carbonyl (C=O) groups is 1. The van der Waals surface area contributed by atoms with E-state index in [0.717, 1.165) is 11.1 Å². The van der Waals surface area contributed by atoms with Crippen LogP contribution in [-0.2, 0) is 6.61 Å². The standard InChI is InChI=1S/C20H18ClNO3S/c1-13-6-7-18(24-2)17(8-13)22-20(23)19-9-14(12-26-19)11-25-16-5-3-4-15(21)10-16/h3-10,12H,11H2,1-2H3,(H,22,23). The second kappa shape index (κ2) is 8.25. The van der Waals surface area contributed by atoms with Crippen LogP contribution in [0.15, 0.2) is 53.9 Å². The molecular formula is C20H18ClNO3S. The molecular weight excluding hydrogens is 370 g/mol. The first-order valence-corrected chi connectivity index (χ1v) is 9.22. The third-order valence-corrected chi connectivity index (χ3v) is 4.90. The van der Waals surface area contributed by atoms with E-state index in [1.165, 1.54) is 11.3 Å². The predicted octanol–water partition coefficient (Wildman–Crippen LogP) is 5.55. The number of hydrogen-bond acceptors (Lipinski definition) is 4. The van der Waals surface area contributed by atoms with E-state index >= 15 is 0 Å². The second-order valence-electron chi connectivity index (χ2n) is 5.72. The number of methoxy groups -OCH3 is 1. The van der Waals surface area contributed by atoms with E-state index in [2.05, 4.69) is 5.32 Å². The van der Waals surface area contributed by atoms with Gasteiger partial charge in [0, 0.05) is 10.6 Å². The molecule has 0 unspecified atom stereocenters. The molecule has 3 aromatic rings. The molecule has 0 fully saturated rings. The van der Waals surface area contributed by atoms with Crippen LogP contribution < -0.4 is 14.8 Å². The molecule has 1 N–H and O–H groups in total. The molecule has 3 rings (SSSR count). The normalized spacial score (nSPS) is 10.4. The minimum Gasteiger partial charge on any atom is -0.495 e. The molecule has 1 heterocycles. The molecule has 1 aromatic heterocycles. The van der Waals surface area contributed by atoms with Crippen LogP contribution >= 0.6 is 22.9 Å². The smallest absolute Gasteiger partial charge is 0.265 e. The molecule has 0 saturated carbocycles. The van der Waals surface area contributed by atoms with Crippen molar-refractivity contribution in [3.8, 4) is 11.5 Å². The molecule has 4 nitrogen and oxygen atoms in total. The summed E-state index contributed by atoms with van der Waals surface area (Å²) in [5.74, 6) is 1.15. The van der Waals surface area contributed by atoms with Gasteiger partial charge in [0.1, 0.15) is 18.1 Å². The van der Waals surface area contributed by atoms with Crippen LogP contribution in [0.3, 0.4) is 0 Å². The fourth-order valence-electron chi connectivity index (χ4n) is 2.40. The average Bonchev–Trinajstić information content (AvgIpc) is 3.09. The third kappa shape index (κ3) is 4.56. The van der Waals surface area contributed by atoms with Gasteiger partial charge in [0.05, 0.1) is 17.7 Å². The number of nitrogens with one attached hydrogen (secondary N) is 1. The zero-order valence-electron chi connectivity index (χ0n) is 14.4. The van der Waals surface area contributed by atoms with Gasteiger partial charge in [-0.3, -0.25) is 4.79 Å². The SMILES string of the molecule is COc1ccc(C)cc1NC(=O)c1cc(COc2cccc(Cl)c2)cs1. The first kappa shape index (κ1) is 18.3. The zero-order chi connectivity index (χ0) is 18.5. The van der Waals surface area contributed by atoms with Crippen LogP contribution in [0.25, 0.3) is 0 Å². The first-order chi connectivity index (χ1) is 12.5. The first-order valence-electron chi connectivity index (χ1n) is 7.97. The van der Waals surface area contributed by atoms with Crippen molar-refractivity contribution in [3.05, 3.63) is 74.9 Å².